The van der Waals surface area contributed by atoms with E-state index in [2.05, 4.69) is 9.97 Å². The van der Waals surface area contributed by atoms with Gasteiger partial charge in [-0.05, 0) is 51.8 Å². The summed E-state index contributed by atoms with van der Waals surface area (Å²) in [6, 6.07) is 7.18. The molecule has 3 aromatic rings. The van der Waals surface area contributed by atoms with Gasteiger partial charge in [-0.3, -0.25) is 14.2 Å². The second-order valence-electron chi connectivity index (χ2n) is 7.40. The summed E-state index contributed by atoms with van der Waals surface area (Å²) in [6.45, 7) is 9.46. The van der Waals surface area contributed by atoms with E-state index >= 15 is 0 Å². The zero-order valence-electron chi connectivity index (χ0n) is 18.4. The average molecular weight is 442 g/mol. The minimum atomic E-state index is -0.442. The number of nitrogens with zero attached hydrogens (tertiary/aromatic N) is 2. The minimum Gasteiger partial charge on any atom is -0.462 e. The second kappa shape index (κ2) is 9.51. The van der Waals surface area contributed by atoms with Crippen molar-refractivity contribution in [1.82, 2.24) is 14.5 Å². The quantitative estimate of drug-likeness (QED) is 0.240. The number of nitrogens with one attached hydrogen (secondary N) is 1. The lowest BCUT2D eigenvalue weighted by Gasteiger charge is -2.18. The molecule has 1 atom stereocenters. The van der Waals surface area contributed by atoms with Crippen molar-refractivity contribution in [3.8, 4) is 0 Å². The number of aryl methyl sites for hydroxylation is 1. The van der Waals surface area contributed by atoms with Crippen molar-refractivity contribution in [3.05, 3.63) is 57.1 Å². The molecule has 8 heteroatoms. The van der Waals surface area contributed by atoms with Gasteiger partial charge in [0, 0.05) is 11.7 Å². The Labute approximate surface area is 185 Å². The number of Topliss-reactive ketones (excluding diaryl/α,β-unsaturated/α-hetero) is 1. The molecule has 0 amide bonds. The minimum absolute atomic E-state index is 0.0490. The van der Waals surface area contributed by atoms with Gasteiger partial charge in [-0.1, -0.05) is 30.8 Å². The first kappa shape index (κ1) is 22.8. The maximum absolute atomic E-state index is 13.1. The Balaban J connectivity index is 1.93. The lowest BCUT2D eigenvalue weighted by molar-refractivity contribution is 0.0525. The Morgan fingerprint density at radius 1 is 1.23 bits per heavy atom. The van der Waals surface area contributed by atoms with Crippen LogP contribution in [0, 0.1) is 13.8 Å². The number of para-hydroxylation sites is 1. The molecule has 0 saturated heterocycles. The number of carbonyl (C=O) groups excluding carboxylic acids is 2. The molecule has 0 aliphatic heterocycles. The van der Waals surface area contributed by atoms with Crippen molar-refractivity contribution in [2.45, 2.75) is 52.2 Å². The van der Waals surface area contributed by atoms with Gasteiger partial charge in [-0.15, -0.1) is 0 Å². The van der Waals surface area contributed by atoms with Crippen LogP contribution in [0.4, 0.5) is 0 Å². The van der Waals surface area contributed by atoms with Crippen molar-refractivity contribution in [3.63, 3.8) is 0 Å². The first-order valence-electron chi connectivity index (χ1n) is 10.3. The number of ether oxygens (including phenoxy) is 1. The number of H-pyrrole nitrogens is 1. The van der Waals surface area contributed by atoms with Gasteiger partial charge in [-0.2, -0.15) is 0 Å². The van der Waals surface area contributed by atoms with E-state index in [1.54, 1.807) is 37.5 Å². The lowest BCUT2D eigenvalue weighted by Crippen LogP contribution is -2.26. The fourth-order valence-electron chi connectivity index (χ4n) is 3.54. The number of hydrogen-bond donors (Lipinski definition) is 1. The third-order valence-corrected chi connectivity index (χ3v) is 6.29. The third kappa shape index (κ3) is 4.44. The summed E-state index contributed by atoms with van der Waals surface area (Å²) in [5, 5.41) is 1.08. The van der Waals surface area contributed by atoms with Crippen LogP contribution in [0.5, 0.6) is 0 Å². The van der Waals surface area contributed by atoms with Crippen molar-refractivity contribution in [2.24, 2.45) is 0 Å². The molecule has 0 aliphatic carbocycles. The molecular formula is C23H27N3O4S. The second-order valence-corrected chi connectivity index (χ2v) is 8.34. The molecule has 0 radical (unpaired) electrons. The average Bonchev–Trinajstić information content (AvgIpc) is 3.05. The van der Waals surface area contributed by atoms with Gasteiger partial charge in [-0.25, -0.2) is 9.78 Å². The first-order valence-corrected chi connectivity index (χ1v) is 11.3. The first-order chi connectivity index (χ1) is 14.8. The van der Waals surface area contributed by atoms with Crippen LogP contribution in [0.1, 0.15) is 65.3 Å². The van der Waals surface area contributed by atoms with Crippen molar-refractivity contribution >= 4 is 34.4 Å². The number of aromatic nitrogens is 3. The zero-order chi connectivity index (χ0) is 22.7. The fraction of sp³-hybridized carbons (Fsp3) is 0.391. The Bertz CT molecular complexity index is 1200. The Hall–Kier alpha value is -2.87. The Morgan fingerprint density at radius 2 is 1.94 bits per heavy atom. The van der Waals surface area contributed by atoms with Crippen LogP contribution < -0.4 is 5.56 Å². The molecule has 0 bridgehead atoms. The number of hydrogen-bond acceptors (Lipinski definition) is 6. The van der Waals surface area contributed by atoms with Crippen LogP contribution in [0.15, 0.2) is 34.2 Å². The van der Waals surface area contributed by atoms with Gasteiger partial charge >= 0.3 is 5.97 Å². The van der Waals surface area contributed by atoms with Crippen LogP contribution in [-0.4, -0.2) is 38.6 Å². The summed E-state index contributed by atoms with van der Waals surface area (Å²) in [5.74, 6) is -0.522. The highest BCUT2D eigenvalue weighted by Gasteiger charge is 2.24. The maximum atomic E-state index is 13.1. The molecule has 1 aromatic carbocycles. The van der Waals surface area contributed by atoms with E-state index < -0.39 is 5.97 Å². The predicted octanol–water partition coefficient (Wildman–Crippen LogP) is 4.46. The van der Waals surface area contributed by atoms with Crippen molar-refractivity contribution in [2.75, 3.05) is 12.4 Å². The predicted molar refractivity (Wildman–Crippen MR) is 122 cm³/mol. The lowest BCUT2D eigenvalue weighted by atomic mass is 10.1. The molecule has 0 fully saturated rings. The third-order valence-electron chi connectivity index (χ3n) is 5.34. The highest BCUT2D eigenvalue weighted by Crippen LogP contribution is 2.25. The maximum Gasteiger partial charge on any atom is 0.340 e. The number of thioether (sulfide) groups is 1. The number of fused-ring (bicyclic) bond motifs is 1. The van der Waals surface area contributed by atoms with Crippen LogP contribution >= 0.6 is 11.8 Å². The van der Waals surface area contributed by atoms with Gasteiger partial charge in [0.25, 0.3) is 5.56 Å². The topological polar surface area (TPSA) is 94.1 Å². The van der Waals surface area contributed by atoms with E-state index in [0.717, 1.165) is 6.42 Å². The molecule has 0 saturated carbocycles. The summed E-state index contributed by atoms with van der Waals surface area (Å²) < 4.78 is 6.76. The molecule has 0 spiro atoms. The number of carbonyl (C=O) groups is 2. The van der Waals surface area contributed by atoms with Crippen molar-refractivity contribution in [1.29, 1.82) is 0 Å². The van der Waals surface area contributed by atoms with Crippen molar-refractivity contribution < 1.29 is 14.3 Å². The monoisotopic (exact) mass is 441 g/mol. The van der Waals surface area contributed by atoms with Crippen LogP contribution in [0.3, 0.4) is 0 Å². The molecule has 164 valence electrons. The normalized spacial score (nSPS) is 12.2. The number of ketones is 1. The molecule has 1 N–H and O–H groups in total. The molecule has 7 nitrogen and oxygen atoms in total. The largest absolute Gasteiger partial charge is 0.462 e. The van der Waals surface area contributed by atoms with Crippen LogP contribution in [0.2, 0.25) is 0 Å². The number of benzene rings is 1. The van der Waals surface area contributed by atoms with E-state index in [4.69, 9.17) is 4.74 Å². The SMILES string of the molecule is CCOC(=O)c1c(C)[nH]c(C(=O)CSc2nc3ccccc3c(=O)n2C(C)CC)c1C. The number of aromatic amines is 1. The highest BCUT2D eigenvalue weighted by atomic mass is 32.2. The van der Waals surface area contributed by atoms with Gasteiger partial charge in [0.15, 0.2) is 10.9 Å². The highest BCUT2D eigenvalue weighted by molar-refractivity contribution is 7.99. The summed E-state index contributed by atoms with van der Waals surface area (Å²) in [6.07, 6.45) is 0.763. The molecule has 2 heterocycles. The van der Waals surface area contributed by atoms with Crippen LogP contribution in [-0.2, 0) is 4.74 Å². The summed E-state index contributed by atoms with van der Waals surface area (Å²) in [5.41, 5.74) is 2.46. The standard InChI is InChI=1S/C23H27N3O4S/c1-6-13(3)26-21(28)16-10-8-9-11-17(16)25-23(26)31-12-18(27)20-14(4)19(15(5)24-20)22(29)30-7-2/h8-11,13,24H,6-7,12H2,1-5H3. The van der Waals surface area contributed by atoms with Gasteiger partial charge in [0.1, 0.15) is 0 Å². The van der Waals surface area contributed by atoms with Gasteiger partial charge in [0.05, 0.1) is 34.5 Å². The van der Waals surface area contributed by atoms with E-state index in [1.165, 1.54) is 11.8 Å². The molecule has 31 heavy (non-hydrogen) atoms. The molecular weight excluding hydrogens is 414 g/mol. The van der Waals surface area contributed by atoms with E-state index in [1.807, 2.05) is 26.0 Å². The number of esters is 1. The molecule has 3 rings (SSSR count). The summed E-state index contributed by atoms with van der Waals surface area (Å²) >= 11 is 1.23. The Morgan fingerprint density at radius 3 is 2.61 bits per heavy atom. The zero-order valence-corrected chi connectivity index (χ0v) is 19.3. The number of rotatable bonds is 8. The smallest absolute Gasteiger partial charge is 0.340 e. The molecule has 1 unspecified atom stereocenters. The van der Waals surface area contributed by atoms with E-state index in [-0.39, 0.29) is 29.7 Å². The summed E-state index contributed by atoms with van der Waals surface area (Å²) in [4.78, 5) is 45.9. The Kier molecular flexibility index (Phi) is 7.00. The van der Waals surface area contributed by atoms with Crippen LogP contribution in [0.25, 0.3) is 10.9 Å². The van der Waals surface area contributed by atoms with Gasteiger partial charge < -0.3 is 9.72 Å². The van der Waals surface area contributed by atoms with Gasteiger partial charge in [0.2, 0.25) is 0 Å². The fourth-order valence-corrected chi connectivity index (χ4v) is 4.51. The van der Waals surface area contributed by atoms with E-state index in [9.17, 15) is 14.4 Å². The van der Waals surface area contributed by atoms with E-state index in [0.29, 0.717) is 38.6 Å². The summed E-state index contributed by atoms with van der Waals surface area (Å²) in [7, 11) is 0. The molecule has 2 aromatic heterocycles. The molecule has 0 aliphatic rings.